The number of rotatable bonds is 5. The average molecular weight is 332 g/mol. The minimum absolute atomic E-state index is 0.105. The largest absolute Gasteiger partial charge is 0.323 e. The molecule has 7 heteroatoms. The Hall–Kier alpha value is -2.12. The van der Waals surface area contributed by atoms with Gasteiger partial charge in [-0.25, -0.2) is 10.4 Å². The third-order valence-corrected chi connectivity index (χ3v) is 4.32. The molecule has 23 heavy (non-hydrogen) atoms. The Morgan fingerprint density at radius 1 is 1.39 bits per heavy atom. The second kappa shape index (κ2) is 6.97. The van der Waals surface area contributed by atoms with Crippen molar-refractivity contribution in [2.45, 2.75) is 13.8 Å². The highest BCUT2D eigenvalue weighted by Gasteiger charge is 2.15. The Morgan fingerprint density at radius 2 is 2.13 bits per heavy atom. The molecule has 0 aliphatic heterocycles. The van der Waals surface area contributed by atoms with E-state index in [0.717, 1.165) is 26.9 Å². The highest BCUT2D eigenvalue weighted by Crippen LogP contribution is 2.27. The lowest BCUT2D eigenvalue weighted by Crippen LogP contribution is -2.43. The summed E-state index contributed by atoms with van der Waals surface area (Å²) in [6, 6.07) is 3.86. The summed E-state index contributed by atoms with van der Waals surface area (Å²) in [6.45, 7) is 4.19. The standard InChI is InChI=1S/C16H21N5OS/c1-11-15(12(2)19-20-14(22)10-21(3,4)5)23-16(18-11)13-7-6-8-17-9-13/h6-9H,10H2,1-5H3/p+1/b19-12+. The number of nitrogens with zero attached hydrogens (tertiary/aromatic N) is 4. The van der Waals surface area contributed by atoms with Crippen molar-refractivity contribution in [2.75, 3.05) is 27.7 Å². The van der Waals surface area contributed by atoms with Crippen LogP contribution in [0, 0.1) is 6.92 Å². The van der Waals surface area contributed by atoms with Crippen LogP contribution in [-0.2, 0) is 4.79 Å². The van der Waals surface area contributed by atoms with Gasteiger partial charge in [-0.15, -0.1) is 11.3 Å². The first-order chi connectivity index (χ1) is 10.8. The number of aromatic nitrogens is 2. The number of aryl methyl sites for hydroxylation is 1. The molecule has 6 nitrogen and oxygen atoms in total. The molecule has 0 bridgehead atoms. The maximum absolute atomic E-state index is 11.9. The van der Waals surface area contributed by atoms with Gasteiger partial charge in [-0.1, -0.05) is 0 Å². The Balaban J connectivity index is 2.14. The van der Waals surface area contributed by atoms with Gasteiger partial charge >= 0.3 is 0 Å². The van der Waals surface area contributed by atoms with Gasteiger partial charge in [-0.05, 0) is 26.0 Å². The number of likely N-dealkylation sites (N-methyl/N-ethyl adjacent to an activating group) is 1. The summed E-state index contributed by atoms with van der Waals surface area (Å²) in [4.78, 5) is 21.5. The van der Waals surface area contributed by atoms with E-state index in [2.05, 4.69) is 20.5 Å². The van der Waals surface area contributed by atoms with Crippen molar-refractivity contribution >= 4 is 23.0 Å². The normalized spacial score (nSPS) is 12.3. The first kappa shape index (κ1) is 17.2. The smallest absolute Gasteiger partial charge is 0.295 e. The molecule has 0 fully saturated rings. The van der Waals surface area contributed by atoms with Crippen LogP contribution in [0.2, 0.25) is 0 Å². The van der Waals surface area contributed by atoms with E-state index in [9.17, 15) is 4.79 Å². The lowest BCUT2D eigenvalue weighted by atomic mass is 10.3. The van der Waals surface area contributed by atoms with Gasteiger partial charge in [0.2, 0.25) is 0 Å². The van der Waals surface area contributed by atoms with Crippen LogP contribution in [0.3, 0.4) is 0 Å². The van der Waals surface area contributed by atoms with Gasteiger partial charge in [0.25, 0.3) is 5.91 Å². The molecule has 2 heterocycles. The van der Waals surface area contributed by atoms with Crippen LogP contribution in [0.4, 0.5) is 0 Å². The summed E-state index contributed by atoms with van der Waals surface area (Å²) in [5, 5.41) is 5.11. The molecule has 0 aliphatic carbocycles. The van der Waals surface area contributed by atoms with E-state index in [1.54, 1.807) is 23.7 Å². The summed E-state index contributed by atoms with van der Waals surface area (Å²) >= 11 is 1.55. The van der Waals surface area contributed by atoms with Gasteiger partial charge in [0.05, 0.1) is 37.4 Å². The highest BCUT2D eigenvalue weighted by molar-refractivity contribution is 7.17. The topological polar surface area (TPSA) is 67.2 Å². The third-order valence-electron chi connectivity index (χ3n) is 3.00. The lowest BCUT2D eigenvalue weighted by Gasteiger charge is -2.22. The van der Waals surface area contributed by atoms with Crippen molar-refractivity contribution in [1.82, 2.24) is 15.4 Å². The molecular formula is C16H22N5OS+. The van der Waals surface area contributed by atoms with Gasteiger partial charge in [-0.2, -0.15) is 5.10 Å². The molecule has 1 N–H and O–H groups in total. The number of carbonyl (C=O) groups is 1. The summed E-state index contributed by atoms with van der Waals surface area (Å²) < 4.78 is 0.561. The third kappa shape index (κ3) is 4.94. The quantitative estimate of drug-likeness (QED) is 0.518. The molecule has 0 spiro atoms. The zero-order valence-electron chi connectivity index (χ0n) is 14.1. The molecule has 2 aromatic heterocycles. The fourth-order valence-electron chi connectivity index (χ4n) is 2.01. The van der Waals surface area contributed by atoms with Gasteiger partial charge in [0.1, 0.15) is 5.01 Å². The van der Waals surface area contributed by atoms with Gasteiger partial charge in [0, 0.05) is 18.0 Å². The summed E-state index contributed by atoms with van der Waals surface area (Å²) in [5.41, 5.74) is 5.25. The van der Waals surface area contributed by atoms with Crippen molar-refractivity contribution in [3.8, 4) is 10.6 Å². The molecule has 0 unspecified atom stereocenters. The van der Waals surface area contributed by atoms with Gasteiger partial charge in [-0.3, -0.25) is 9.78 Å². The van der Waals surface area contributed by atoms with Crippen molar-refractivity contribution in [3.63, 3.8) is 0 Å². The van der Waals surface area contributed by atoms with Crippen LogP contribution < -0.4 is 5.43 Å². The number of nitrogens with one attached hydrogen (secondary N) is 1. The van der Waals surface area contributed by atoms with E-state index >= 15 is 0 Å². The molecule has 0 aromatic carbocycles. The summed E-state index contributed by atoms with van der Waals surface area (Å²) in [6.07, 6.45) is 3.53. The van der Waals surface area contributed by atoms with E-state index in [-0.39, 0.29) is 5.91 Å². The van der Waals surface area contributed by atoms with E-state index in [1.165, 1.54) is 0 Å². The first-order valence-corrected chi connectivity index (χ1v) is 8.10. The molecule has 0 atom stereocenters. The fraction of sp³-hybridized carbons (Fsp3) is 0.375. The molecule has 2 rings (SSSR count). The van der Waals surface area contributed by atoms with Crippen LogP contribution in [0.25, 0.3) is 10.6 Å². The molecule has 0 saturated heterocycles. The van der Waals surface area contributed by atoms with Crippen molar-refractivity contribution in [3.05, 3.63) is 35.1 Å². The Morgan fingerprint density at radius 3 is 2.74 bits per heavy atom. The molecule has 2 aromatic rings. The zero-order chi connectivity index (χ0) is 17.0. The maximum Gasteiger partial charge on any atom is 0.295 e. The van der Waals surface area contributed by atoms with Crippen LogP contribution in [0.15, 0.2) is 29.6 Å². The highest BCUT2D eigenvalue weighted by atomic mass is 32.1. The monoisotopic (exact) mass is 332 g/mol. The predicted molar refractivity (Wildman–Crippen MR) is 93.3 cm³/mol. The van der Waals surface area contributed by atoms with Gasteiger partial charge < -0.3 is 4.48 Å². The van der Waals surface area contributed by atoms with E-state index < -0.39 is 0 Å². The minimum atomic E-state index is -0.105. The van der Waals surface area contributed by atoms with Crippen molar-refractivity contribution < 1.29 is 9.28 Å². The SMILES string of the molecule is C/C(=N\NC(=O)C[N+](C)(C)C)c1sc(-c2cccnc2)nc1C. The summed E-state index contributed by atoms with van der Waals surface area (Å²) in [7, 11) is 5.89. The van der Waals surface area contributed by atoms with Crippen molar-refractivity contribution in [1.29, 1.82) is 0 Å². The predicted octanol–water partition coefficient (Wildman–Crippen LogP) is 2.06. The number of hydrogen-bond acceptors (Lipinski definition) is 5. The molecule has 0 saturated carbocycles. The number of hydrogen-bond donors (Lipinski definition) is 1. The maximum atomic E-state index is 11.9. The Bertz CT molecular complexity index is 716. The van der Waals surface area contributed by atoms with E-state index in [1.807, 2.05) is 47.1 Å². The molecule has 1 amide bonds. The van der Waals surface area contributed by atoms with E-state index in [0.29, 0.717) is 11.0 Å². The Kier molecular flexibility index (Phi) is 5.23. The second-order valence-corrected chi connectivity index (χ2v) is 7.35. The molecule has 122 valence electrons. The van der Waals surface area contributed by atoms with Gasteiger partial charge in [0.15, 0.2) is 6.54 Å². The van der Waals surface area contributed by atoms with Crippen LogP contribution in [0.1, 0.15) is 17.5 Å². The molecule has 0 aliphatic rings. The number of quaternary nitrogens is 1. The number of hydrazone groups is 1. The number of pyridine rings is 1. The Labute approximate surface area is 140 Å². The number of carbonyl (C=O) groups excluding carboxylic acids is 1. The van der Waals surface area contributed by atoms with E-state index in [4.69, 9.17) is 0 Å². The fourth-order valence-corrected chi connectivity index (χ4v) is 3.01. The second-order valence-electron chi connectivity index (χ2n) is 6.36. The average Bonchev–Trinajstić information content (AvgIpc) is 2.86. The van der Waals surface area contributed by atoms with Crippen LogP contribution >= 0.6 is 11.3 Å². The number of thiazole rings is 1. The number of amides is 1. The lowest BCUT2D eigenvalue weighted by molar-refractivity contribution is -0.862. The zero-order valence-corrected chi connectivity index (χ0v) is 14.9. The summed E-state index contributed by atoms with van der Waals surface area (Å²) in [5.74, 6) is -0.105. The molecule has 0 radical (unpaired) electrons. The van der Waals surface area contributed by atoms with Crippen LogP contribution in [0.5, 0.6) is 0 Å². The molecular weight excluding hydrogens is 310 g/mol. The van der Waals surface area contributed by atoms with Crippen molar-refractivity contribution in [2.24, 2.45) is 5.10 Å². The van der Waals surface area contributed by atoms with Crippen LogP contribution in [-0.4, -0.2) is 53.8 Å². The minimum Gasteiger partial charge on any atom is -0.323 e. The first-order valence-electron chi connectivity index (χ1n) is 7.28.